The molecule has 2 aliphatic heterocycles. The Morgan fingerprint density at radius 2 is 1.77 bits per heavy atom. The van der Waals surface area contributed by atoms with Gasteiger partial charge in [-0.1, -0.05) is 54.6 Å². The van der Waals surface area contributed by atoms with Crippen LogP contribution in [0.2, 0.25) is 0 Å². The number of nitrogens with zero attached hydrogens (tertiary/aromatic N) is 2. The predicted molar refractivity (Wildman–Crippen MR) is 139 cm³/mol. The highest BCUT2D eigenvalue weighted by Gasteiger charge is 2.30. The molecule has 0 radical (unpaired) electrons. The molecule has 5 rings (SSSR count). The Labute approximate surface area is 208 Å². The molecular weight excluding hydrogens is 436 g/mol. The van der Waals surface area contributed by atoms with E-state index in [9.17, 15) is 9.90 Å². The zero-order chi connectivity index (χ0) is 24.2. The number of carbonyl (C=O) groups excluding carboxylic acids is 1. The van der Waals surface area contributed by atoms with Crippen molar-refractivity contribution in [2.75, 3.05) is 24.5 Å². The molecule has 2 unspecified atom stereocenters. The number of likely N-dealkylation sites (tertiary alicyclic amines) is 1. The molecule has 1 amide bonds. The van der Waals surface area contributed by atoms with Crippen molar-refractivity contribution in [3.8, 4) is 5.75 Å². The minimum Gasteiger partial charge on any atom is -0.489 e. The molecule has 3 aromatic rings. The summed E-state index contributed by atoms with van der Waals surface area (Å²) >= 11 is 0. The van der Waals surface area contributed by atoms with Gasteiger partial charge in [0, 0.05) is 44.2 Å². The first-order valence-electron chi connectivity index (χ1n) is 12.6. The van der Waals surface area contributed by atoms with Gasteiger partial charge in [-0.05, 0) is 60.2 Å². The van der Waals surface area contributed by atoms with Crippen LogP contribution in [0, 0.1) is 6.92 Å². The van der Waals surface area contributed by atoms with E-state index in [2.05, 4.69) is 54.3 Å². The molecule has 0 saturated carbocycles. The summed E-state index contributed by atoms with van der Waals surface area (Å²) in [5.74, 6) is 1.20. The first-order chi connectivity index (χ1) is 17.1. The van der Waals surface area contributed by atoms with E-state index >= 15 is 0 Å². The van der Waals surface area contributed by atoms with Crippen LogP contribution in [-0.4, -0.2) is 41.7 Å². The van der Waals surface area contributed by atoms with Crippen molar-refractivity contribution in [2.45, 2.75) is 51.4 Å². The van der Waals surface area contributed by atoms with Crippen LogP contribution in [0.3, 0.4) is 0 Å². The van der Waals surface area contributed by atoms with Gasteiger partial charge in [0.05, 0.1) is 6.10 Å². The third kappa shape index (κ3) is 5.51. The van der Waals surface area contributed by atoms with Crippen molar-refractivity contribution in [3.63, 3.8) is 0 Å². The van der Waals surface area contributed by atoms with Gasteiger partial charge >= 0.3 is 0 Å². The molecule has 1 N–H and O–H groups in total. The van der Waals surface area contributed by atoms with Crippen LogP contribution in [0.25, 0.3) is 0 Å². The van der Waals surface area contributed by atoms with Crippen LogP contribution in [0.5, 0.6) is 5.75 Å². The fourth-order valence-electron chi connectivity index (χ4n) is 5.28. The first kappa shape index (κ1) is 23.4. The number of amides is 1. The third-order valence-corrected chi connectivity index (χ3v) is 7.30. The quantitative estimate of drug-likeness (QED) is 0.525. The highest BCUT2D eigenvalue weighted by Crippen LogP contribution is 2.33. The van der Waals surface area contributed by atoms with Crippen molar-refractivity contribution in [3.05, 3.63) is 95.1 Å². The predicted octanol–water partition coefficient (Wildman–Crippen LogP) is 5.05. The van der Waals surface area contributed by atoms with E-state index in [1.807, 2.05) is 35.2 Å². The summed E-state index contributed by atoms with van der Waals surface area (Å²) in [5.41, 5.74) is 5.82. The molecule has 0 bridgehead atoms. The molecule has 5 heteroatoms. The summed E-state index contributed by atoms with van der Waals surface area (Å²) in [7, 11) is 0. The lowest BCUT2D eigenvalue weighted by Crippen LogP contribution is -2.43. The molecular formula is C30H34N2O3. The lowest BCUT2D eigenvalue weighted by molar-refractivity contribution is -0.128. The Morgan fingerprint density at radius 1 is 0.971 bits per heavy atom. The Hall–Kier alpha value is -3.31. The number of aliphatic hydroxyl groups is 1. The largest absolute Gasteiger partial charge is 0.489 e. The van der Waals surface area contributed by atoms with Crippen molar-refractivity contribution < 1.29 is 14.6 Å². The monoisotopic (exact) mass is 470 g/mol. The molecule has 2 saturated heterocycles. The lowest BCUT2D eigenvalue weighted by atomic mass is 9.86. The number of anilines is 1. The van der Waals surface area contributed by atoms with E-state index in [4.69, 9.17) is 4.74 Å². The molecule has 2 aliphatic rings. The van der Waals surface area contributed by atoms with Crippen LogP contribution in [0.1, 0.15) is 47.4 Å². The number of piperidine rings is 1. The maximum atomic E-state index is 12.0. The van der Waals surface area contributed by atoms with Gasteiger partial charge in [0.1, 0.15) is 12.4 Å². The lowest BCUT2D eigenvalue weighted by Gasteiger charge is -2.38. The highest BCUT2D eigenvalue weighted by atomic mass is 16.5. The highest BCUT2D eigenvalue weighted by molar-refractivity contribution is 5.78. The van der Waals surface area contributed by atoms with E-state index < -0.39 is 6.10 Å². The van der Waals surface area contributed by atoms with Crippen molar-refractivity contribution in [1.29, 1.82) is 0 Å². The molecule has 5 nitrogen and oxygen atoms in total. The zero-order valence-electron chi connectivity index (χ0n) is 20.4. The maximum Gasteiger partial charge on any atom is 0.222 e. The summed E-state index contributed by atoms with van der Waals surface area (Å²) < 4.78 is 5.92. The van der Waals surface area contributed by atoms with Crippen molar-refractivity contribution in [2.24, 2.45) is 0 Å². The van der Waals surface area contributed by atoms with Gasteiger partial charge in [0.2, 0.25) is 5.91 Å². The number of aliphatic hydroxyl groups excluding tert-OH is 1. The molecule has 35 heavy (non-hydrogen) atoms. The Kier molecular flexibility index (Phi) is 7.05. The normalized spacial score (nSPS) is 20.3. The summed E-state index contributed by atoms with van der Waals surface area (Å²) in [6.07, 6.45) is 2.07. The van der Waals surface area contributed by atoms with Crippen molar-refractivity contribution in [1.82, 2.24) is 4.90 Å². The standard InChI is InChI=1S/C30H34N2O3/c1-22-9-10-24(19-32-16-5-8-30(32)34)18-28(22)31-17-15-27(29(33)20-31)25-11-13-26(14-12-25)35-21-23-6-3-2-4-7-23/h2-4,6-7,9-14,18,27,29,33H,5,8,15-17,19-21H2,1H3. The van der Waals surface area contributed by atoms with Gasteiger partial charge in [-0.25, -0.2) is 0 Å². The number of β-amino-alcohol motifs (C(OH)–C–C–N with tert-alkyl or cyclic N) is 1. The second-order valence-corrected chi connectivity index (χ2v) is 9.79. The molecule has 2 fully saturated rings. The Morgan fingerprint density at radius 3 is 2.49 bits per heavy atom. The van der Waals surface area contributed by atoms with Gasteiger partial charge in [-0.2, -0.15) is 0 Å². The zero-order valence-corrected chi connectivity index (χ0v) is 20.4. The molecule has 3 aromatic carbocycles. The first-order valence-corrected chi connectivity index (χ1v) is 12.6. The molecule has 0 aromatic heterocycles. The molecule has 0 aliphatic carbocycles. The summed E-state index contributed by atoms with van der Waals surface area (Å²) in [6, 6.07) is 24.8. The average Bonchev–Trinajstić information content (AvgIpc) is 3.29. The molecule has 2 atom stereocenters. The second kappa shape index (κ2) is 10.5. The van der Waals surface area contributed by atoms with Crippen molar-refractivity contribution >= 4 is 11.6 Å². The maximum absolute atomic E-state index is 12.0. The van der Waals surface area contributed by atoms with E-state index in [1.165, 1.54) is 5.56 Å². The van der Waals surface area contributed by atoms with Crippen LogP contribution in [0.4, 0.5) is 5.69 Å². The van der Waals surface area contributed by atoms with Crippen LogP contribution in [0.15, 0.2) is 72.8 Å². The topological polar surface area (TPSA) is 53.0 Å². The van der Waals surface area contributed by atoms with Gasteiger partial charge < -0.3 is 19.6 Å². The fraction of sp³-hybridized carbons (Fsp3) is 0.367. The number of hydrogen-bond donors (Lipinski definition) is 1. The van der Waals surface area contributed by atoms with E-state index in [0.717, 1.165) is 54.1 Å². The van der Waals surface area contributed by atoms with Crippen LogP contribution >= 0.6 is 0 Å². The minimum atomic E-state index is -0.442. The fourth-order valence-corrected chi connectivity index (χ4v) is 5.28. The van der Waals surface area contributed by atoms with Gasteiger partial charge in [-0.15, -0.1) is 0 Å². The number of hydrogen-bond acceptors (Lipinski definition) is 4. The van der Waals surface area contributed by atoms with E-state index in [1.54, 1.807) is 0 Å². The third-order valence-electron chi connectivity index (χ3n) is 7.30. The number of rotatable bonds is 7. The van der Waals surface area contributed by atoms with Gasteiger partial charge in [-0.3, -0.25) is 4.79 Å². The summed E-state index contributed by atoms with van der Waals surface area (Å²) in [6.45, 7) is 5.68. The van der Waals surface area contributed by atoms with E-state index in [0.29, 0.717) is 26.1 Å². The average molecular weight is 471 g/mol. The molecule has 182 valence electrons. The molecule has 0 spiro atoms. The smallest absolute Gasteiger partial charge is 0.222 e. The van der Waals surface area contributed by atoms with Crippen LogP contribution < -0.4 is 9.64 Å². The van der Waals surface area contributed by atoms with Gasteiger partial charge in [0.15, 0.2) is 0 Å². The Bertz CT molecular complexity index is 1150. The summed E-state index contributed by atoms with van der Waals surface area (Å²) in [4.78, 5) is 16.3. The number of ether oxygens (including phenoxy) is 1. The molecule has 2 heterocycles. The SMILES string of the molecule is Cc1ccc(CN2CCCC2=O)cc1N1CCC(c2ccc(OCc3ccccc3)cc2)C(O)C1. The minimum absolute atomic E-state index is 0.111. The summed E-state index contributed by atoms with van der Waals surface area (Å²) in [5, 5.41) is 11.1. The van der Waals surface area contributed by atoms with Crippen LogP contribution in [-0.2, 0) is 17.9 Å². The number of benzene rings is 3. The number of carbonyl (C=O) groups is 1. The Balaban J connectivity index is 1.21. The van der Waals surface area contributed by atoms with Gasteiger partial charge in [0.25, 0.3) is 0 Å². The number of aryl methyl sites for hydroxylation is 1. The van der Waals surface area contributed by atoms with E-state index in [-0.39, 0.29) is 11.8 Å². The second-order valence-electron chi connectivity index (χ2n) is 9.79.